The fourth-order valence-electron chi connectivity index (χ4n) is 1.91. The van der Waals surface area contributed by atoms with Gasteiger partial charge < -0.3 is 4.74 Å². The summed E-state index contributed by atoms with van der Waals surface area (Å²) in [5.41, 5.74) is 2.78. The average Bonchev–Trinajstić information content (AvgIpc) is 2.46. The molecule has 0 aromatic heterocycles. The van der Waals surface area contributed by atoms with Crippen molar-refractivity contribution in [3.05, 3.63) is 71.3 Å². The van der Waals surface area contributed by atoms with Gasteiger partial charge in [-0.25, -0.2) is 0 Å². The molecule has 0 saturated heterocycles. The van der Waals surface area contributed by atoms with E-state index in [1.165, 1.54) is 0 Å². The van der Waals surface area contributed by atoms with Crippen LogP contribution in [0.2, 0.25) is 0 Å². The maximum absolute atomic E-state index is 12.0. The molecule has 2 nitrogen and oxygen atoms in total. The molecule has 0 fully saturated rings. The number of ketones is 1. The zero-order valence-electron chi connectivity index (χ0n) is 11.8. The number of aryl methyl sites for hydroxylation is 1. The molecule has 0 amide bonds. The smallest absolute Gasteiger partial charge is 0.185 e. The molecule has 2 aromatic rings. The molecule has 2 heteroatoms. The summed E-state index contributed by atoms with van der Waals surface area (Å²) >= 11 is 0. The van der Waals surface area contributed by atoms with Gasteiger partial charge in [0.1, 0.15) is 5.75 Å². The van der Waals surface area contributed by atoms with Crippen molar-refractivity contribution < 1.29 is 9.53 Å². The van der Waals surface area contributed by atoms with E-state index in [2.05, 4.69) is 0 Å². The molecular formula is C18H18O2. The second-order valence-electron chi connectivity index (χ2n) is 4.57. The highest BCUT2D eigenvalue weighted by molar-refractivity contribution is 6.06. The highest BCUT2D eigenvalue weighted by atomic mass is 16.5. The Kier molecular flexibility index (Phi) is 4.72. The van der Waals surface area contributed by atoms with Gasteiger partial charge in [0.2, 0.25) is 0 Å². The summed E-state index contributed by atoms with van der Waals surface area (Å²) < 4.78 is 5.38. The second-order valence-corrected chi connectivity index (χ2v) is 4.57. The summed E-state index contributed by atoms with van der Waals surface area (Å²) in [5.74, 6) is 0.859. The van der Waals surface area contributed by atoms with E-state index in [0.29, 0.717) is 12.2 Å². The quantitative estimate of drug-likeness (QED) is 0.596. The highest BCUT2D eigenvalue weighted by Gasteiger charge is 2.01. The van der Waals surface area contributed by atoms with Crippen LogP contribution in [-0.4, -0.2) is 12.4 Å². The minimum Gasteiger partial charge on any atom is -0.494 e. The summed E-state index contributed by atoms with van der Waals surface area (Å²) in [4.78, 5) is 12.0. The predicted octanol–water partition coefficient (Wildman–Crippen LogP) is 4.29. The Bertz CT molecular complexity index is 610. The number of carbonyl (C=O) groups excluding carboxylic acids is 1. The number of benzene rings is 2. The first-order valence-electron chi connectivity index (χ1n) is 6.71. The predicted molar refractivity (Wildman–Crippen MR) is 82.2 cm³/mol. The van der Waals surface area contributed by atoms with Gasteiger partial charge in [0.15, 0.2) is 5.78 Å². The molecule has 20 heavy (non-hydrogen) atoms. The molecule has 0 N–H and O–H groups in total. The molecule has 0 heterocycles. The number of hydrogen-bond acceptors (Lipinski definition) is 2. The van der Waals surface area contributed by atoms with Crippen LogP contribution in [0.4, 0.5) is 0 Å². The van der Waals surface area contributed by atoms with Crippen molar-refractivity contribution in [2.75, 3.05) is 6.61 Å². The third kappa shape index (κ3) is 3.82. The monoisotopic (exact) mass is 266 g/mol. The van der Waals surface area contributed by atoms with Gasteiger partial charge in [0, 0.05) is 5.56 Å². The Balaban J connectivity index is 2.07. The third-order valence-corrected chi connectivity index (χ3v) is 2.92. The van der Waals surface area contributed by atoms with Gasteiger partial charge >= 0.3 is 0 Å². The summed E-state index contributed by atoms with van der Waals surface area (Å²) in [6, 6.07) is 15.3. The van der Waals surface area contributed by atoms with Gasteiger partial charge in [0.05, 0.1) is 6.61 Å². The standard InChI is InChI=1S/C18H18O2/c1-3-20-17-10-7-15(8-11-17)9-12-18(19)16-6-4-5-14(2)13-16/h4-13H,3H2,1-2H3. The fourth-order valence-corrected chi connectivity index (χ4v) is 1.91. The van der Waals surface area contributed by atoms with Crippen LogP contribution in [0, 0.1) is 6.92 Å². The minimum atomic E-state index is 0.0163. The van der Waals surface area contributed by atoms with Crippen molar-refractivity contribution in [2.24, 2.45) is 0 Å². The molecule has 0 aliphatic rings. The van der Waals surface area contributed by atoms with Gasteiger partial charge in [0.25, 0.3) is 0 Å². The molecule has 0 radical (unpaired) electrons. The van der Waals surface area contributed by atoms with Crippen molar-refractivity contribution in [3.63, 3.8) is 0 Å². The molecule has 2 aromatic carbocycles. The number of ether oxygens (including phenoxy) is 1. The van der Waals surface area contributed by atoms with Crippen LogP contribution in [0.15, 0.2) is 54.6 Å². The van der Waals surface area contributed by atoms with E-state index in [0.717, 1.165) is 16.9 Å². The first kappa shape index (κ1) is 14.1. The zero-order valence-corrected chi connectivity index (χ0v) is 11.8. The highest BCUT2D eigenvalue weighted by Crippen LogP contribution is 2.13. The lowest BCUT2D eigenvalue weighted by atomic mass is 10.1. The lowest BCUT2D eigenvalue weighted by Gasteiger charge is -2.02. The van der Waals surface area contributed by atoms with E-state index >= 15 is 0 Å². The summed E-state index contributed by atoms with van der Waals surface area (Å²) in [7, 11) is 0. The average molecular weight is 266 g/mol. The topological polar surface area (TPSA) is 26.3 Å². The molecule has 0 bridgehead atoms. The van der Waals surface area contributed by atoms with Crippen LogP contribution in [-0.2, 0) is 0 Å². The van der Waals surface area contributed by atoms with E-state index in [9.17, 15) is 4.79 Å². The summed E-state index contributed by atoms with van der Waals surface area (Å²) in [5, 5.41) is 0. The van der Waals surface area contributed by atoms with Crippen molar-refractivity contribution >= 4 is 11.9 Å². The molecular weight excluding hydrogens is 248 g/mol. The maximum atomic E-state index is 12.0. The van der Waals surface area contributed by atoms with Gasteiger partial charge in [-0.2, -0.15) is 0 Å². The molecule has 0 spiro atoms. The normalized spacial score (nSPS) is 10.7. The molecule has 0 unspecified atom stereocenters. The van der Waals surface area contributed by atoms with Crippen LogP contribution < -0.4 is 4.74 Å². The van der Waals surface area contributed by atoms with E-state index < -0.39 is 0 Å². The molecule has 102 valence electrons. The Labute approximate surface area is 119 Å². The van der Waals surface area contributed by atoms with Gasteiger partial charge in [-0.1, -0.05) is 42.0 Å². The SMILES string of the molecule is CCOc1ccc(C=CC(=O)c2cccc(C)c2)cc1. The van der Waals surface area contributed by atoms with Crippen LogP contribution in [0.3, 0.4) is 0 Å². The Morgan fingerprint density at radius 2 is 1.90 bits per heavy atom. The Hall–Kier alpha value is -2.35. The molecule has 0 saturated carbocycles. The maximum Gasteiger partial charge on any atom is 0.185 e. The largest absolute Gasteiger partial charge is 0.494 e. The Morgan fingerprint density at radius 1 is 1.15 bits per heavy atom. The minimum absolute atomic E-state index is 0.0163. The number of carbonyl (C=O) groups is 1. The van der Waals surface area contributed by atoms with E-state index in [1.54, 1.807) is 6.08 Å². The van der Waals surface area contributed by atoms with Crippen LogP contribution in [0.5, 0.6) is 5.75 Å². The van der Waals surface area contributed by atoms with Crippen molar-refractivity contribution in [1.82, 2.24) is 0 Å². The van der Waals surface area contributed by atoms with Crippen LogP contribution >= 0.6 is 0 Å². The van der Waals surface area contributed by atoms with Crippen LogP contribution in [0.1, 0.15) is 28.4 Å². The third-order valence-electron chi connectivity index (χ3n) is 2.92. The van der Waals surface area contributed by atoms with Gasteiger partial charge in [-0.05, 0) is 43.7 Å². The zero-order chi connectivity index (χ0) is 14.4. The van der Waals surface area contributed by atoms with Gasteiger partial charge in [-0.15, -0.1) is 0 Å². The molecule has 0 atom stereocenters. The lowest BCUT2D eigenvalue weighted by molar-refractivity contribution is 0.104. The first-order chi connectivity index (χ1) is 9.69. The van der Waals surface area contributed by atoms with Crippen LogP contribution in [0.25, 0.3) is 6.08 Å². The molecule has 0 aliphatic carbocycles. The lowest BCUT2D eigenvalue weighted by Crippen LogP contribution is -1.94. The second kappa shape index (κ2) is 6.71. The fraction of sp³-hybridized carbons (Fsp3) is 0.167. The Morgan fingerprint density at radius 3 is 2.55 bits per heavy atom. The van der Waals surface area contributed by atoms with Crippen molar-refractivity contribution in [3.8, 4) is 5.75 Å². The van der Waals surface area contributed by atoms with E-state index in [-0.39, 0.29) is 5.78 Å². The molecule has 2 rings (SSSR count). The molecule has 0 aliphatic heterocycles. The number of allylic oxidation sites excluding steroid dienone is 1. The van der Waals surface area contributed by atoms with E-state index in [4.69, 9.17) is 4.74 Å². The number of rotatable bonds is 5. The van der Waals surface area contributed by atoms with E-state index in [1.807, 2.05) is 68.5 Å². The van der Waals surface area contributed by atoms with Crippen molar-refractivity contribution in [2.45, 2.75) is 13.8 Å². The van der Waals surface area contributed by atoms with Gasteiger partial charge in [-0.3, -0.25) is 4.79 Å². The number of hydrogen-bond donors (Lipinski definition) is 0. The summed E-state index contributed by atoms with van der Waals surface area (Å²) in [6.07, 6.45) is 3.42. The first-order valence-corrected chi connectivity index (χ1v) is 6.71. The van der Waals surface area contributed by atoms with Crippen molar-refractivity contribution in [1.29, 1.82) is 0 Å². The summed E-state index contributed by atoms with van der Waals surface area (Å²) in [6.45, 7) is 4.59.